The maximum atomic E-state index is 12.4. The summed E-state index contributed by atoms with van der Waals surface area (Å²) < 4.78 is 27.4. The van der Waals surface area contributed by atoms with Crippen molar-refractivity contribution < 1.29 is 18.3 Å². The van der Waals surface area contributed by atoms with Crippen molar-refractivity contribution in [3.8, 4) is 0 Å². The maximum absolute atomic E-state index is 12.4. The van der Waals surface area contributed by atoms with Crippen LogP contribution in [0.1, 0.15) is 41.3 Å². The average molecular weight is 311 g/mol. The van der Waals surface area contributed by atoms with Gasteiger partial charge in [-0.1, -0.05) is 13.0 Å². The quantitative estimate of drug-likeness (QED) is 0.844. The topological polar surface area (TPSA) is 83.5 Å². The van der Waals surface area contributed by atoms with Crippen LogP contribution >= 0.6 is 0 Å². The molecule has 0 aromatic heterocycles. The van der Waals surface area contributed by atoms with Crippen LogP contribution in [0.5, 0.6) is 0 Å². The van der Waals surface area contributed by atoms with E-state index >= 15 is 0 Å². The summed E-state index contributed by atoms with van der Waals surface area (Å²) in [4.78, 5) is 11.2. The standard InChI is InChI=1S/C15H21NO4S/c1-9-6-10(2)14(7-13(9)15(17)18)21(19,20)16-8-11(3)12-4-5-12/h6-7,11-12,16H,4-5,8H2,1-3H3,(H,17,18). The summed E-state index contributed by atoms with van der Waals surface area (Å²) in [5.41, 5.74) is 1.14. The fourth-order valence-electron chi connectivity index (χ4n) is 2.50. The van der Waals surface area contributed by atoms with Crippen LogP contribution in [0, 0.1) is 25.7 Å². The highest BCUT2D eigenvalue weighted by Gasteiger charge is 2.29. The van der Waals surface area contributed by atoms with Gasteiger partial charge >= 0.3 is 5.97 Å². The Bertz CT molecular complexity index is 662. The van der Waals surface area contributed by atoms with Gasteiger partial charge in [-0.2, -0.15) is 0 Å². The summed E-state index contributed by atoms with van der Waals surface area (Å²) in [5.74, 6) is -0.193. The Morgan fingerprint density at radius 3 is 2.48 bits per heavy atom. The van der Waals surface area contributed by atoms with Gasteiger partial charge in [-0.25, -0.2) is 17.9 Å². The maximum Gasteiger partial charge on any atom is 0.335 e. The molecule has 21 heavy (non-hydrogen) atoms. The highest BCUT2D eigenvalue weighted by molar-refractivity contribution is 7.89. The SMILES string of the molecule is Cc1cc(C)c(S(=O)(=O)NCC(C)C2CC2)cc1C(=O)O. The molecule has 0 saturated heterocycles. The van der Waals surface area contributed by atoms with E-state index in [1.807, 2.05) is 6.92 Å². The van der Waals surface area contributed by atoms with Gasteiger partial charge in [-0.05, 0) is 55.7 Å². The van der Waals surface area contributed by atoms with E-state index < -0.39 is 16.0 Å². The smallest absolute Gasteiger partial charge is 0.335 e. The number of carboxylic acid groups (broad SMARTS) is 1. The van der Waals surface area contributed by atoms with Crippen molar-refractivity contribution in [1.82, 2.24) is 4.72 Å². The van der Waals surface area contributed by atoms with Crippen molar-refractivity contribution >= 4 is 16.0 Å². The lowest BCUT2D eigenvalue weighted by Crippen LogP contribution is -2.30. The minimum Gasteiger partial charge on any atom is -0.478 e. The van der Waals surface area contributed by atoms with Gasteiger partial charge in [0.15, 0.2) is 0 Å². The number of nitrogens with one attached hydrogen (secondary N) is 1. The molecule has 1 aliphatic carbocycles. The predicted octanol–water partition coefficient (Wildman–Crippen LogP) is 2.33. The molecule has 2 rings (SSSR count). The Balaban J connectivity index is 2.26. The first-order chi connectivity index (χ1) is 9.72. The second-order valence-corrected chi connectivity index (χ2v) is 7.64. The van der Waals surface area contributed by atoms with E-state index in [1.54, 1.807) is 19.9 Å². The van der Waals surface area contributed by atoms with Gasteiger partial charge in [-0.3, -0.25) is 0 Å². The summed E-state index contributed by atoms with van der Waals surface area (Å²) in [6, 6.07) is 2.85. The average Bonchev–Trinajstić information content (AvgIpc) is 3.19. The van der Waals surface area contributed by atoms with Gasteiger partial charge in [0, 0.05) is 6.54 Å². The summed E-state index contributed by atoms with van der Waals surface area (Å²) in [7, 11) is -3.68. The first kappa shape index (κ1) is 16.0. The van der Waals surface area contributed by atoms with E-state index in [9.17, 15) is 13.2 Å². The second-order valence-electron chi connectivity index (χ2n) is 5.90. The largest absolute Gasteiger partial charge is 0.478 e. The Labute approximate surface area is 125 Å². The molecule has 1 fully saturated rings. The molecule has 1 atom stereocenters. The molecule has 0 heterocycles. The molecule has 1 unspecified atom stereocenters. The number of rotatable bonds is 6. The Morgan fingerprint density at radius 1 is 1.33 bits per heavy atom. The number of aromatic carboxylic acids is 1. The van der Waals surface area contributed by atoms with Gasteiger partial charge in [0.05, 0.1) is 10.5 Å². The molecule has 1 aliphatic rings. The third-order valence-electron chi connectivity index (χ3n) is 4.06. The van der Waals surface area contributed by atoms with Gasteiger partial charge in [0.2, 0.25) is 10.0 Å². The molecule has 0 bridgehead atoms. The Kier molecular flexibility index (Phi) is 4.39. The van der Waals surface area contributed by atoms with Crippen LogP contribution in [-0.2, 0) is 10.0 Å². The van der Waals surface area contributed by atoms with Gasteiger partial charge < -0.3 is 5.11 Å². The van der Waals surface area contributed by atoms with Crippen molar-refractivity contribution in [2.45, 2.75) is 38.5 Å². The fraction of sp³-hybridized carbons (Fsp3) is 0.533. The molecule has 5 nitrogen and oxygen atoms in total. The summed E-state index contributed by atoms with van der Waals surface area (Å²) in [5, 5.41) is 9.13. The molecule has 0 spiro atoms. The highest BCUT2D eigenvalue weighted by atomic mass is 32.2. The molecule has 1 aromatic rings. The second kappa shape index (κ2) is 5.77. The van der Waals surface area contributed by atoms with Crippen LogP contribution in [0.3, 0.4) is 0 Å². The lowest BCUT2D eigenvalue weighted by molar-refractivity contribution is 0.0696. The molecule has 2 N–H and O–H groups in total. The van der Waals surface area contributed by atoms with Crippen molar-refractivity contribution in [2.24, 2.45) is 11.8 Å². The normalized spacial score (nSPS) is 16.7. The van der Waals surface area contributed by atoms with E-state index in [4.69, 9.17) is 5.11 Å². The van der Waals surface area contributed by atoms with Crippen LogP contribution in [0.4, 0.5) is 0 Å². The van der Waals surface area contributed by atoms with Gasteiger partial charge in [0.25, 0.3) is 0 Å². The van der Waals surface area contributed by atoms with E-state index in [0.29, 0.717) is 29.5 Å². The number of hydrogen-bond donors (Lipinski definition) is 2. The van der Waals surface area contributed by atoms with Crippen molar-refractivity contribution in [2.75, 3.05) is 6.54 Å². The van der Waals surface area contributed by atoms with E-state index in [0.717, 1.165) is 12.8 Å². The lowest BCUT2D eigenvalue weighted by Gasteiger charge is -2.14. The van der Waals surface area contributed by atoms with Crippen molar-refractivity contribution in [3.63, 3.8) is 0 Å². The molecule has 0 amide bonds. The zero-order chi connectivity index (χ0) is 15.8. The highest BCUT2D eigenvalue weighted by Crippen LogP contribution is 2.36. The summed E-state index contributed by atoms with van der Waals surface area (Å²) >= 11 is 0. The first-order valence-electron chi connectivity index (χ1n) is 7.06. The zero-order valence-corrected chi connectivity index (χ0v) is 13.3. The van der Waals surface area contributed by atoms with Crippen LogP contribution in [0.25, 0.3) is 0 Å². The van der Waals surface area contributed by atoms with Crippen LogP contribution in [0.2, 0.25) is 0 Å². The predicted molar refractivity (Wildman–Crippen MR) is 80.0 cm³/mol. The summed E-state index contributed by atoms with van der Waals surface area (Å²) in [6.07, 6.45) is 2.32. The molecule has 116 valence electrons. The minimum atomic E-state index is -3.68. The molecule has 1 aromatic carbocycles. The number of carbonyl (C=O) groups is 1. The molecule has 0 radical (unpaired) electrons. The Hall–Kier alpha value is -1.40. The molecule has 6 heteroatoms. The number of sulfonamides is 1. The van der Waals surface area contributed by atoms with E-state index in [2.05, 4.69) is 4.72 Å². The molecule has 0 aliphatic heterocycles. The molecule has 1 saturated carbocycles. The first-order valence-corrected chi connectivity index (χ1v) is 8.55. The van der Waals surface area contributed by atoms with Gasteiger partial charge in [-0.15, -0.1) is 0 Å². The lowest BCUT2D eigenvalue weighted by atomic mass is 10.1. The van der Waals surface area contributed by atoms with E-state index in [1.165, 1.54) is 6.07 Å². The van der Waals surface area contributed by atoms with Crippen LogP contribution in [-0.4, -0.2) is 26.0 Å². The number of hydrogen-bond acceptors (Lipinski definition) is 3. The number of carboxylic acids is 1. The van der Waals surface area contributed by atoms with Gasteiger partial charge in [0.1, 0.15) is 0 Å². The summed E-state index contributed by atoms with van der Waals surface area (Å²) in [6.45, 7) is 5.76. The third-order valence-corrected chi connectivity index (χ3v) is 5.63. The van der Waals surface area contributed by atoms with E-state index in [-0.39, 0.29) is 10.5 Å². The zero-order valence-electron chi connectivity index (χ0n) is 12.5. The number of aryl methyl sites for hydroxylation is 2. The third kappa shape index (κ3) is 3.63. The monoisotopic (exact) mass is 311 g/mol. The fourth-order valence-corrected chi connectivity index (χ4v) is 3.90. The van der Waals surface area contributed by atoms with Crippen molar-refractivity contribution in [1.29, 1.82) is 0 Å². The molecular weight excluding hydrogens is 290 g/mol. The van der Waals surface area contributed by atoms with Crippen LogP contribution in [0.15, 0.2) is 17.0 Å². The minimum absolute atomic E-state index is 0.0243. The Morgan fingerprint density at radius 2 is 1.95 bits per heavy atom. The molecular formula is C15H21NO4S. The van der Waals surface area contributed by atoms with Crippen LogP contribution < -0.4 is 4.72 Å². The van der Waals surface area contributed by atoms with Crippen molar-refractivity contribution in [3.05, 3.63) is 28.8 Å². The number of benzene rings is 1.